The zero-order valence-electron chi connectivity index (χ0n) is 13.7. The van der Waals surface area contributed by atoms with Crippen LogP contribution in [-0.2, 0) is 4.79 Å². The molecule has 0 aliphatic carbocycles. The molecule has 116 valence electrons. The third-order valence-electron chi connectivity index (χ3n) is 4.44. The van der Waals surface area contributed by atoms with E-state index in [-0.39, 0.29) is 5.92 Å². The van der Waals surface area contributed by atoms with Crippen molar-refractivity contribution in [1.29, 1.82) is 0 Å². The molecule has 1 heterocycles. The van der Waals surface area contributed by atoms with Gasteiger partial charge in [0, 0.05) is 31.1 Å². The van der Waals surface area contributed by atoms with Gasteiger partial charge in [-0.25, -0.2) is 0 Å². The maximum absolute atomic E-state index is 12.0. The lowest BCUT2D eigenvalue weighted by Gasteiger charge is -2.35. The van der Waals surface area contributed by atoms with Crippen LogP contribution in [0.25, 0.3) is 0 Å². The summed E-state index contributed by atoms with van der Waals surface area (Å²) in [5, 5.41) is 3.73. The molecule has 3 heteroatoms. The van der Waals surface area contributed by atoms with Crippen molar-refractivity contribution in [2.75, 3.05) is 13.1 Å². The SMILES string of the molecule is Cc1ccccc1C(C)NC1CCN(C(=O)C(C)C)CC1. The summed E-state index contributed by atoms with van der Waals surface area (Å²) >= 11 is 0. The molecule has 1 atom stereocenters. The summed E-state index contributed by atoms with van der Waals surface area (Å²) in [5.41, 5.74) is 2.71. The Morgan fingerprint density at radius 3 is 2.38 bits per heavy atom. The van der Waals surface area contributed by atoms with Crippen molar-refractivity contribution in [3.63, 3.8) is 0 Å². The molecule has 0 spiro atoms. The van der Waals surface area contributed by atoms with Gasteiger partial charge in [0.1, 0.15) is 0 Å². The molecule has 0 saturated carbocycles. The van der Waals surface area contributed by atoms with Gasteiger partial charge in [-0.2, -0.15) is 0 Å². The number of nitrogens with zero attached hydrogens (tertiary/aromatic N) is 1. The van der Waals surface area contributed by atoms with E-state index in [0.29, 0.717) is 18.0 Å². The van der Waals surface area contributed by atoms with Crippen LogP contribution in [0.4, 0.5) is 0 Å². The number of piperidine rings is 1. The minimum atomic E-state index is 0.111. The van der Waals surface area contributed by atoms with Crippen LogP contribution in [-0.4, -0.2) is 29.9 Å². The van der Waals surface area contributed by atoms with Crippen LogP contribution in [0.1, 0.15) is 50.8 Å². The molecule has 0 radical (unpaired) electrons. The van der Waals surface area contributed by atoms with E-state index in [2.05, 4.69) is 43.4 Å². The Morgan fingerprint density at radius 1 is 1.19 bits per heavy atom. The van der Waals surface area contributed by atoms with Crippen molar-refractivity contribution in [2.45, 2.75) is 52.6 Å². The highest BCUT2D eigenvalue weighted by molar-refractivity contribution is 5.78. The fourth-order valence-corrected chi connectivity index (χ4v) is 3.15. The van der Waals surface area contributed by atoms with Gasteiger partial charge in [-0.3, -0.25) is 4.79 Å². The van der Waals surface area contributed by atoms with Crippen molar-refractivity contribution >= 4 is 5.91 Å². The molecule has 3 nitrogen and oxygen atoms in total. The van der Waals surface area contributed by atoms with Crippen LogP contribution in [0.15, 0.2) is 24.3 Å². The number of nitrogens with one attached hydrogen (secondary N) is 1. The Labute approximate surface area is 128 Å². The Bertz CT molecular complexity index is 476. The van der Waals surface area contributed by atoms with Crippen LogP contribution < -0.4 is 5.32 Å². The van der Waals surface area contributed by atoms with Crippen LogP contribution in [0.2, 0.25) is 0 Å². The number of hydrogen-bond acceptors (Lipinski definition) is 2. The molecule has 0 aromatic heterocycles. The maximum atomic E-state index is 12.0. The first-order valence-corrected chi connectivity index (χ1v) is 8.09. The lowest BCUT2D eigenvalue weighted by atomic mass is 9.98. The van der Waals surface area contributed by atoms with Gasteiger partial charge in [-0.05, 0) is 37.8 Å². The lowest BCUT2D eigenvalue weighted by Crippen LogP contribution is -2.46. The molecule has 1 aliphatic rings. The van der Waals surface area contributed by atoms with Gasteiger partial charge in [0.25, 0.3) is 0 Å². The predicted octanol–water partition coefficient (Wildman–Crippen LogP) is 3.29. The number of hydrogen-bond donors (Lipinski definition) is 1. The average molecular weight is 288 g/mol. The Morgan fingerprint density at radius 2 is 1.81 bits per heavy atom. The van der Waals surface area contributed by atoms with Crippen molar-refractivity contribution < 1.29 is 4.79 Å². The second kappa shape index (κ2) is 7.08. The number of benzene rings is 1. The third-order valence-corrected chi connectivity index (χ3v) is 4.44. The molecule has 1 N–H and O–H groups in total. The fraction of sp³-hybridized carbons (Fsp3) is 0.611. The van der Waals surface area contributed by atoms with Crippen molar-refractivity contribution in [2.24, 2.45) is 5.92 Å². The van der Waals surface area contributed by atoms with Crippen LogP contribution >= 0.6 is 0 Å². The summed E-state index contributed by atoms with van der Waals surface area (Å²) in [6.07, 6.45) is 2.10. The van der Waals surface area contributed by atoms with Gasteiger partial charge in [-0.15, -0.1) is 0 Å². The Kier molecular flexibility index (Phi) is 5.40. The van der Waals surface area contributed by atoms with E-state index in [0.717, 1.165) is 25.9 Å². The van der Waals surface area contributed by atoms with Crippen LogP contribution in [0, 0.1) is 12.8 Å². The predicted molar refractivity (Wildman–Crippen MR) is 87.2 cm³/mol. The van der Waals surface area contributed by atoms with E-state index in [9.17, 15) is 4.79 Å². The van der Waals surface area contributed by atoms with E-state index < -0.39 is 0 Å². The number of rotatable bonds is 4. The molecular weight excluding hydrogens is 260 g/mol. The molecule has 1 aliphatic heterocycles. The molecule has 0 bridgehead atoms. The van der Waals surface area contributed by atoms with E-state index in [1.165, 1.54) is 11.1 Å². The zero-order valence-corrected chi connectivity index (χ0v) is 13.7. The molecule has 1 amide bonds. The number of carbonyl (C=O) groups is 1. The monoisotopic (exact) mass is 288 g/mol. The largest absolute Gasteiger partial charge is 0.342 e. The zero-order chi connectivity index (χ0) is 15.4. The highest BCUT2D eigenvalue weighted by atomic mass is 16.2. The fourth-order valence-electron chi connectivity index (χ4n) is 3.15. The molecule has 1 unspecified atom stereocenters. The van der Waals surface area contributed by atoms with Gasteiger partial charge in [0.15, 0.2) is 0 Å². The van der Waals surface area contributed by atoms with Gasteiger partial charge < -0.3 is 10.2 Å². The van der Waals surface area contributed by atoms with Gasteiger partial charge in [-0.1, -0.05) is 38.1 Å². The second-order valence-electron chi connectivity index (χ2n) is 6.50. The molecule has 1 fully saturated rings. The average Bonchev–Trinajstić information content (AvgIpc) is 2.47. The van der Waals surface area contributed by atoms with Crippen LogP contribution in [0.3, 0.4) is 0 Å². The topological polar surface area (TPSA) is 32.3 Å². The summed E-state index contributed by atoms with van der Waals surface area (Å²) < 4.78 is 0. The van der Waals surface area contributed by atoms with E-state index in [4.69, 9.17) is 0 Å². The highest BCUT2D eigenvalue weighted by Crippen LogP contribution is 2.20. The van der Waals surface area contributed by atoms with E-state index in [1.807, 2.05) is 18.7 Å². The van der Waals surface area contributed by atoms with Gasteiger partial charge >= 0.3 is 0 Å². The number of amides is 1. The lowest BCUT2D eigenvalue weighted by molar-refractivity contribution is -0.135. The van der Waals surface area contributed by atoms with E-state index >= 15 is 0 Å². The second-order valence-corrected chi connectivity index (χ2v) is 6.50. The smallest absolute Gasteiger partial charge is 0.225 e. The van der Waals surface area contributed by atoms with Crippen molar-refractivity contribution in [1.82, 2.24) is 10.2 Å². The third kappa shape index (κ3) is 4.07. The molecule has 1 aromatic rings. The van der Waals surface area contributed by atoms with E-state index in [1.54, 1.807) is 0 Å². The van der Waals surface area contributed by atoms with Crippen molar-refractivity contribution in [3.05, 3.63) is 35.4 Å². The summed E-state index contributed by atoms with van der Waals surface area (Å²) in [6.45, 7) is 10.1. The first-order valence-electron chi connectivity index (χ1n) is 8.09. The summed E-state index contributed by atoms with van der Waals surface area (Å²) in [6, 6.07) is 9.42. The first-order chi connectivity index (χ1) is 9.99. The Balaban J connectivity index is 1.86. The minimum Gasteiger partial charge on any atom is -0.342 e. The standard InChI is InChI=1S/C18H28N2O/c1-13(2)18(21)20-11-9-16(10-12-20)19-15(4)17-8-6-5-7-14(17)3/h5-8,13,15-16,19H,9-12H2,1-4H3. The molecule has 21 heavy (non-hydrogen) atoms. The number of likely N-dealkylation sites (tertiary alicyclic amines) is 1. The maximum Gasteiger partial charge on any atom is 0.225 e. The normalized spacial score (nSPS) is 18.0. The van der Waals surface area contributed by atoms with Gasteiger partial charge in [0.2, 0.25) is 5.91 Å². The van der Waals surface area contributed by atoms with Crippen LogP contribution in [0.5, 0.6) is 0 Å². The Hall–Kier alpha value is -1.35. The summed E-state index contributed by atoms with van der Waals surface area (Å²) in [5.74, 6) is 0.404. The first kappa shape index (κ1) is 16.0. The quantitative estimate of drug-likeness (QED) is 0.922. The minimum absolute atomic E-state index is 0.111. The molecule has 1 saturated heterocycles. The molecular formula is C18H28N2O. The summed E-state index contributed by atoms with van der Waals surface area (Å²) in [7, 11) is 0. The van der Waals surface area contributed by atoms with Gasteiger partial charge in [0.05, 0.1) is 0 Å². The number of carbonyl (C=O) groups excluding carboxylic acids is 1. The summed E-state index contributed by atoms with van der Waals surface area (Å²) in [4.78, 5) is 14.0. The molecule has 2 rings (SSSR count). The molecule has 1 aromatic carbocycles. The van der Waals surface area contributed by atoms with Crippen molar-refractivity contribution in [3.8, 4) is 0 Å². The number of aryl methyl sites for hydroxylation is 1. The highest BCUT2D eigenvalue weighted by Gasteiger charge is 2.25.